The van der Waals surface area contributed by atoms with Gasteiger partial charge in [-0.05, 0) is 56.2 Å². The van der Waals surface area contributed by atoms with Gasteiger partial charge in [0.15, 0.2) is 0 Å². The van der Waals surface area contributed by atoms with Gasteiger partial charge in [-0.1, -0.05) is 0 Å². The number of anilines is 2. The summed E-state index contributed by atoms with van der Waals surface area (Å²) >= 11 is 0. The number of ether oxygens (including phenoxy) is 2. The fourth-order valence-electron chi connectivity index (χ4n) is 3.21. The first kappa shape index (κ1) is 18.8. The molecule has 0 unspecified atom stereocenters. The molecule has 2 aromatic rings. The van der Waals surface area contributed by atoms with E-state index in [0.717, 1.165) is 17.7 Å². The Labute approximate surface area is 159 Å². The van der Waals surface area contributed by atoms with Crippen LogP contribution in [0.25, 0.3) is 0 Å². The summed E-state index contributed by atoms with van der Waals surface area (Å²) < 4.78 is 11.1. The number of amides is 2. The summed E-state index contributed by atoms with van der Waals surface area (Å²) in [5.41, 5.74) is 3.00. The summed E-state index contributed by atoms with van der Waals surface area (Å²) in [5.74, 6) is 1.05. The second kappa shape index (κ2) is 8.12. The van der Waals surface area contributed by atoms with Crippen LogP contribution in [-0.2, 0) is 11.2 Å². The zero-order valence-corrected chi connectivity index (χ0v) is 15.9. The highest BCUT2D eigenvalue weighted by Crippen LogP contribution is 2.32. The lowest BCUT2D eigenvalue weighted by atomic mass is 10.1. The van der Waals surface area contributed by atoms with Crippen molar-refractivity contribution in [2.45, 2.75) is 27.2 Å². The van der Waals surface area contributed by atoms with E-state index in [0.29, 0.717) is 42.5 Å². The van der Waals surface area contributed by atoms with Crippen LogP contribution in [0.2, 0.25) is 0 Å². The third-order valence-electron chi connectivity index (χ3n) is 4.43. The van der Waals surface area contributed by atoms with E-state index in [-0.39, 0.29) is 11.8 Å². The quantitative estimate of drug-likeness (QED) is 0.845. The normalized spacial score (nSPS) is 12.5. The van der Waals surface area contributed by atoms with Gasteiger partial charge in [-0.25, -0.2) is 0 Å². The lowest BCUT2D eigenvalue weighted by molar-refractivity contribution is -0.116. The fourth-order valence-corrected chi connectivity index (χ4v) is 3.21. The van der Waals surface area contributed by atoms with Crippen molar-refractivity contribution >= 4 is 23.2 Å². The molecule has 0 fully saturated rings. The number of carbonyl (C=O) groups excluding carboxylic acids is 2. The number of benzene rings is 2. The van der Waals surface area contributed by atoms with Crippen molar-refractivity contribution in [3.63, 3.8) is 0 Å². The zero-order valence-electron chi connectivity index (χ0n) is 15.9. The minimum absolute atomic E-state index is 0.0139. The van der Waals surface area contributed by atoms with Gasteiger partial charge in [0.05, 0.1) is 18.9 Å². The number of hydrogen-bond acceptors (Lipinski definition) is 4. The van der Waals surface area contributed by atoms with E-state index in [1.807, 2.05) is 32.0 Å². The molecule has 0 aliphatic carbocycles. The molecule has 1 aliphatic rings. The van der Waals surface area contributed by atoms with Crippen molar-refractivity contribution in [2.24, 2.45) is 0 Å². The molecule has 2 aromatic carbocycles. The Morgan fingerprint density at radius 1 is 1.07 bits per heavy atom. The Bertz CT molecular complexity index is 863. The Morgan fingerprint density at radius 3 is 2.56 bits per heavy atom. The van der Waals surface area contributed by atoms with Crippen LogP contribution in [0, 0.1) is 0 Å². The number of rotatable bonds is 6. The predicted octanol–water partition coefficient (Wildman–Crippen LogP) is 3.65. The highest BCUT2D eigenvalue weighted by atomic mass is 16.5. The van der Waals surface area contributed by atoms with Crippen molar-refractivity contribution in [3.05, 3.63) is 47.5 Å². The average molecular weight is 368 g/mol. The summed E-state index contributed by atoms with van der Waals surface area (Å²) in [5, 5.41) is 2.91. The maximum atomic E-state index is 12.8. The van der Waals surface area contributed by atoms with E-state index >= 15 is 0 Å². The van der Waals surface area contributed by atoms with Gasteiger partial charge in [-0.3, -0.25) is 9.59 Å². The molecule has 0 saturated carbocycles. The second-order valence-electron chi connectivity index (χ2n) is 6.24. The van der Waals surface area contributed by atoms with E-state index < -0.39 is 0 Å². The molecule has 0 bridgehead atoms. The molecule has 6 heteroatoms. The lowest BCUT2D eigenvalue weighted by Gasteiger charge is -2.15. The maximum absolute atomic E-state index is 12.8. The fraction of sp³-hybridized carbons (Fsp3) is 0.333. The smallest absolute Gasteiger partial charge is 0.255 e. The highest BCUT2D eigenvalue weighted by Gasteiger charge is 2.23. The van der Waals surface area contributed by atoms with E-state index in [9.17, 15) is 9.59 Å². The monoisotopic (exact) mass is 368 g/mol. The summed E-state index contributed by atoms with van der Waals surface area (Å²) in [4.78, 5) is 26.2. The van der Waals surface area contributed by atoms with Gasteiger partial charge in [-0.2, -0.15) is 0 Å². The Hall–Kier alpha value is -3.02. The Morgan fingerprint density at radius 2 is 1.85 bits per heavy atom. The number of nitrogens with zero attached hydrogens (tertiary/aromatic N) is 1. The van der Waals surface area contributed by atoms with Crippen LogP contribution in [0.15, 0.2) is 36.4 Å². The number of nitrogens with one attached hydrogen (secondary N) is 1. The number of hydrogen-bond donors (Lipinski definition) is 1. The van der Waals surface area contributed by atoms with Crippen LogP contribution in [0.3, 0.4) is 0 Å². The third kappa shape index (κ3) is 4.05. The van der Waals surface area contributed by atoms with Gasteiger partial charge in [0.2, 0.25) is 5.91 Å². The van der Waals surface area contributed by atoms with E-state index in [1.54, 1.807) is 30.0 Å². The van der Waals surface area contributed by atoms with Gasteiger partial charge < -0.3 is 19.7 Å². The van der Waals surface area contributed by atoms with Crippen LogP contribution < -0.4 is 19.7 Å². The molecule has 142 valence electrons. The highest BCUT2D eigenvalue weighted by molar-refractivity contribution is 6.06. The molecule has 0 spiro atoms. The van der Waals surface area contributed by atoms with Crippen molar-refractivity contribution in [3.8, 4) is 11.5 Å². The summed E-state index contributed by atoms with van der Waals surface area (Å²) in [7, 11) is 0. The first-order chi connectivity index (χ1) is 13.0. The third-order valence-corrected chi connectivity index (χ3v) is 4.43. The molecule has 0 saturated heterocycles. The summed E-state index contributed by atoms with van der Waals surface area (Å²) in [6, 6.07) is 10.8. The Balaban J connectivity index is 1.83. The molecular formula is C21H24N2O4. The number of fused-ring (bicyclic) bond motifs is 1. The van der Waals surface area contributed by atoms with Crippen molar-refractivity contribution in [2.75, 3.05) is 30.0 Å². The van der Waals surface area contributed by atoms with Gasteiger partial charge >= 0.3 is 0 Å². The second-order valence-corrected chi connectivity index (χ2v) is 6.24. The molecule has 0 atom stereocenters. The van der Waals surface area contributed by atoms with Crippen LogP contribution in [0.1, 0.15) is 36.7 Å². The molecule has 0 radical (unpaired) electrons. The van der Waals surface area contributed by atoms with Crippen LogP contribution in [-0.4, -0.2) is 31.6 Å². The average Bonchev–Trinajstić information content (AvgIpc) is 3.07. The first-order valence-electron chi connectivity index (χ1n) is 9.15. The van der Waals surface area contributed by atoms with E-state index in [2.05, 4.69) is 5.32 Å². The van der Waals surface area contributed by atoms with Crippen molar-refractivity contribution in [1.29, 1.82) is 0 Å². The lowest BCUT2D eigenvalue weighted by Crippen LogP contribution is -2.25. The summed E-state index contributed by atoms with van der Waals surface area (Å²) in [6.45, 7) is 7.04. The molecule has 27 heavy (non-hydrogen) atoms. The van der Waals surface area contributed by atoms with Gasteiger partial charge in [0.1, 0.15) is 11.5 Å². The van der Waals surface area contributed by atoms with E-state index in [4.69, 9.17) is 9.47 Å². The van der Waals surface area contributed by atoms with E-state index in [1.165, 1.54) is 0 Å². The molecule has 2 amide bonds. The molecule has 1 N–H and O–H groups in total. The first-order valence-corrected chi connectivity index (χ1v) is 9.15. The van der Waals surface area contributed by atoms with Crippen LogP contribution in [0.4, 0.5) is 11.4 Å². The van der Waals surface area contributed by atoms with Crippen LogP contribution in [0.5, 0.6) is 11.5 Å². The minimum Gasteiger partial charge on any atom is -0.494 e. The molecule has 1 heterocycles. The minimum atomic E-state index is -0.228. The summed E-state index contributed by atoms with van der Waals surface area (Å²) in [6.07, 6.45) is 0.750. The van der Waals surface area contributed by atoms with Crippen molar-refractivity contribution in [1.82, 2.24) is 0 Å². The Kier molecular flexibility index (Phi) is 5.64. The van der Waals surface area contributed by atoms with Gasteiger partial charge in [-0.15, -0.1) is 0 Å². The molecule has 3 rings (SSSR count). The zero-order chi connectivity index (χ0) is 19.4. The SMILES string of the molecule is CCOc1ccc(OCC)c(NC(=O)c2ccc3c(c2)CCN3C(C)=O)c1. The molecular weight excluding hydrogens is 344 g/mol. The largest absolute Gasteiger partial charge is 0.494 e. The standard InChI is InChI=1S/C21H24N2O4/c1-4-26-17-7-9-20(27-5-2)18(13-17)22-21(25)16-6-8-19-15(12-16)10-11-23(19)14(3)24/h6-9,12-13H,4-5,10-11H2,1-3H3,(H,22,25). The van der Waals surface area contributed by atoms with Crippen molar-refractivity contribution < 1.29 is 19.1 Å². The van der Waals surface area contributed by atoms with Gasteiger partial charge in [0, 0.05) is 30.8 Å². The number of carbonyl (C=O) groups is 2. The van der Waals surface area contributed by atoms with Crippen LogP contribution >= 0.6 is 0 Å². The molecule has 0 aromatic heterocycles. The predicted molar refractivity (Wildman–Crippen MR) is 105 cm³/mol. The molecule has 6 nitrogen and oxygen atoms in total. The maximum Gasteiger partial charge on any atom is 0.255 e. The topological polar surface area (TPSA) is 67.9 Å². The van der Waals surface area contributed by atoms with Gasteiger partial charge in [0.25, 0.3) is 5.91 Å². The molecule has 1 aliphatic heterocycles.